The number of aliphatic hydroxyl groups excluding tert-OH is 4. The molecule has 0 aromatic heterocycles. The van der Waals surface area contributed by atoms with Gasteiger partial charge in [0.05, 0.1) is 12.5 Å². The van der Waals surface area contributed by atoms with Gasteiger partial charge in [0.2, 0.25) is 6.29 Å². The number of esters is 2. The molecule has 0 bridgehead atoms. The van der Waals surface area contributed by atoms with Crippen LogP contribution in [0.25, 0.3) is 0 Å². The lowest BCUT2D eigenvalue weighted by Gasteiger charge is -2.40. The minimum absolute atomic E-state index is 0.128. The summed E-state index contributed by atoms with van der Waals surface area (Å²) in [5.74, 6) is -2.18. The predicted molar refractivity (Wildman–Crippen MR) is 79.7 cm³/mol. The Kier molecular flexibility index (Phi) is 5.12. The number of aliphatic hydroxyl groups is 4. The van der Waals surface area contributed by atoms with Crippen molar-refractivity contribution in [3.8, 4) is 0 Å². The van der Waals surface area contributed by atoms with E-state index in [1.54, 1.807) is 0 Å². The third-order valence-corrected chi connectivity index (χ3v) is 5.14. The van der Waals surface area contributed by atoms with Crippen molar-refractivity contribution in [2.75, 3.05) is 13.2 Å². The van der Waals surface area contributed by atoms with Crippen LogP contribution in [0.15, 0.2) is 11.1 Å². The van der Waals surface area contributed by atoms with Crippen molar-refractivity contribution >= 4 is 11.9 Å². The Labute approximate surface area is 143 Å². The summed E-state index contributed by atoms with van der Waals surface area (Å²) < 4.78 is 15.4. The highest BCUT2D eigenvalue weighted by molar-refractivity contribution is 5.93. The Morgan fingerprint density at radius 2 is 1.96 bits per heavy atom. The monoisotopic (exact) mass is 358 g/mol. The Bertz CT molecular complexity index is 584. The molecule has 0 saturated carbocycles. The standard InChI is InChI=1S/C16H22O9/c1-6-2-3-7-8(5-23-15(22)10(6)7)14(21)25-16-13(20)12(19)11(18)9(4-17)24-16/h7-9,11-13,16-20H,2-5H2,1H3/t7-,8+,9+,11+,12-,13+,16-/m0/s1. The summed E-state index contributed by atoms with van der Waals surface area (Å²) >= 11 is 0. The van der Waals surface area contributed by atoms with Gasteiger partial charge in [-0.15, -0.1) is 0 Å². The highest BCUT2D eigenvalue weighted by atomic mass is 16.7. The second-order valence-corrected chi connectivity index (χ2v) is 6.68. The molecule has 7 atom stereocenters. The van der Waals surface area contributed by atoms with Crippen molar-refractivity contribution in [1.29, 1.82) is 0 Å². The van der Waals surface area contributed by atoms with E-state index in [1.807, 2.05) is 6.92 Å². The average molecular weight is 358 g/mol. The van der Waals surface area contributed by atoms with Crippen LogP contribution in [0, 0.1) is 11.8 Å². The van der Waals surface area contributed by atoms with Gasteiger partial charge in [-0.05, 0) is 19.8 Å². The number of hydrogen-bond acceptors (Lipinski definition) is 9. The summed E-state index contributed by atoms with van der Waals surface area (Å²) in [4.78, 5) is 24.4. The van der Waals surface area contributed by atoms with Crippen molar-refractivity contribution in [3.05, 3.63) is 11.1 Å². The molecule has 0 aromatic rings. The average Bonchev–Trinajstić information content (AvgIpc) is 2.98. The first-order valence-electron chi connectivity index (χ1n) is 8.23. The SMILES string of the molecule is CC1=C2C(=O)OC[C@@H](C(=O)O[C@@H]3O[C@H](CO)[C@@H](O)[C@H](O)[C@H]3O)[C@@H]2CC1. The number of ether oxygens (including phenoxy) is 3. The van der Waals surface area contributed by atoms with Gasteiger partial charge in [-0.3, -0.25) is 4.79 Å². The fourth-order valence-corrected chi connectivity index (χ4v) is 3.65. The van der Waals surface area contributed by atoms with E-state index in [-0.39, 0.29) is 12.5 Å². The summed E-state index contributed by atoms with van der Waals surface area (Å²) in [6, 6.07) is 0. The second kappa shape index (κ2) is 7.00. The molecule has 4 N–H and O–H groups in total. The smallest absolute Gasteiger partial charge is 0.334 e. The zero-order valence-electron chi connectivity index (χ0n) is 13.7. The highest BCUT2D eigenvalue weighted by Crippen LogP contribution is 2.41. The van der Waals surface area contributed by atoms with Gasteiger partial charge in [-0.2, -0.15) is 0 Å². The minimum atomic E-state index is -1.66. The van der Waals surface area contributed by atoms with Crippen LogP contribution < -0.4 is 0 Å². The Balaban J connectivity index is 1.71. The Hall–Kier alpha value is -1.52. The summed E-state index contributed by atoms with van der Waals surface area (Å²) in [6.07, 6.45) is -6.19. The molecule has 3 rings (SSSR count). The number of rotatable bonds is 3. The number of carbonyl (C=O) groups is 2. The van der Waals surface area contributed by atoms with Gasteiger partial charge in [0.15, 0.2) is 0 Å². The fraction of sp³-hybridized carbons (Fsp3) is 0.750. The lowest BCUT2D eigenvalue weighted by molar-refractivity contribution is -0.294. The number of cyclic esters (lactones) is 1. The molecule has 140 valence electrons. The largest absolute Gasteiger partial charge is 0.461 e. The van der Waals surface area contributed by atoms with E-state index < -0.39 is 55.2 Å². The van der Waals surface area contributed by atoms with E-state index in [0.717, 1.165) is 5.57 Å². The third-order valence-electron chi connectivity index (χ3n) is 5.14. The molecule has 25 heavy (non-hydrogen) atoms. The van der Waals surface area contributed by atoms with Crippen molar-refractivity contribution in [2.45, 2.75) is 50.5 Å². The molecule has 2 saturated heterocycles. The van der Waals surface area contributed by atoms with Gasteiger partial charge < -0.3 is 34.6 Å². The van der Waals surface area contributed by atoms with Crippen LogP contribution in [0.2, 0.25) is 0 Å². The molecule has 0 unspecified atom stereocenters. The fourth-order valence-electron chi connectivity index (χ4n) is 3.65. The number of allylic oxidation sites excluding steroid dienone is 1. The molecular formula is C16H22O9. The molecule has 0 radical (unpaired) electrons. The Morgan fingerprint density at radius 3 is 2.64 bits per heavy atom. The van der Waals surface area contributed by atoms with Gasteiger partial charge in [0, 0.05) is 11.5 Å². The van der Waals surface area contributed by atoms with Crippen molar-refractivity contribution in [3.63, 3.8) is 0 Å². The van der Waals surface area contributed by atoms with Gasteiger partial charge >= 0.3 is 11.9 Å². The van der Waals surface area contributed by atoms with Gasteiger partial charge in [0.1, 0.15) is 31.0 Å². The number of carbonyl (C=O) groups excluding carboxylic acids is 2. The third kappa shape index (κ3) is 3.18. The molecule has 0 aromatic carbocycles. The summed E-state index contributed by atoms with van der Waals surface area (Å²) in [6.45, 7) is 1.08. The van der Waals surface area contributed by atoms with E-state index in [9.17, 15) is 24.9 Å². The summed E-state index contributed by atoms with van der Waals surface area (Å²) in [5, 5.41) is 38.6. The zero-order chi connectivity index (χ0) is 18.3. The predicted octanol–water partition coefficient (Wildman–Crippen LogP) is -1.77. The van der Waals surface area contributed by atoms with Crippen molar-refractivity contribution < 1.29 is 44.2 Å². The van der Waals surface area contributed by atoms with Gasteiger partial charge in [-0.1, -0.05) is 5.57 Å². The molecule has 0 amide bonds. The highest BCUT2D eigenvalue weighted by Gasteiger charge is 2.48. The lowest BCUT2D eigenvalue weighted by atomic mass is 9.85. The Morgan fingerprint density at radius 1 is 1.24 bits per heavy atom. The van der Waals surface area contributed by atoms with Crippen molar-refractivity contribution in [1.82, 2.24) is 0 Å². The maximum atomic E-state index is 12.5. The van der Waals surface area contributed by atoms with E-state index in [2.05, 4.69) is 0 Å². The first kappa shape index (κ1) is 18.3. The molecule has 1 aliphatic carbocycles. The first-order valence-corrected chi connectivity index (χ1v) is 8.23. The van der Waals surface area contributed by atoms with E-state index in [0.29, 0.717) is 18.4 Å². The van der Waals surface area contributed by atoms with Gasteiger partial charge in [0.25, 0.3) is 0 Å². The zero-order valence-corrected chi connectivity index (χ0v) is 13.7. The van der Waals surface area contributed by atoms with Gasteiger partial charge in [-0.25, -0.2) is 4.79 Å². The van der Waals surface area contributed by atoms with Crippen LogP contribution in [0.4, 0.5) is 0 Å². The van der Waals surface area contributed by atoms with Crippen LogP contribution in [0.1, 0.15) is 19.8 Å². The van der Waals surface area contributed by atoms with Crippen LogP contribution in [0.5, 0.6) is 0 Å². The molecule has 9 heteroatoms. The number of hydrogen-bond donors (Lipinski definition) is 4. The van der Waals surface area contributed by atoms with Crippen LogP contribution in [-0.2, 0) is 23.8 Å². The van der Waals surface area contributed by atoms with Crippen molar-refractivity contribution in [2.24, 2.45) is 11.8 Å². The molecule has 0 spiro atoms. The maximum absolute atomic E-state index is 12.5. The molecule has 9 nitrogen and oxygen atoms in total. The van der Waals surface area contributed by atoms with E-state index in [4.69, 9.17) is 19.3 Å². The maximum Gasteiger partial charge on any atom is 0.334 e. The molecule has 2 heterocycles. The van der Waals surface area contributed by atoms with E-state index >= 15 is 0 Å². The summed E-state index contributed by atoms with van der Waals surface area (Å²) in [5.41, 5.74) is 1.39. The van der Waals surface area contributed by atoms with Crippen LogP contribution >= 0.6 is 0 Å². The topological polar surface area (TPSA) is 143 Å². The summed E-state index contributed by atoms with van der Waals surface area (Å²) in [7, 11) is 0. The van der Waals surface area contributed by atoms with E-state index in [1.165, 1.54) is 0 Å². The lowest BCUT2D eigenvalue weighted by Crippen LogP contribution is -2.59. The second-order valence-electron chi connectivity index (χ2n) is 6.68. The molecule has 3 aliphatic rings. The minimum Gasteiger partial charge on any atom is -0.461 e. The molecule has 2 aliphatic heterocycles. The quantitative estimate of drug-likeness (QED) is 0.431. The normalized spacial score (nSPS) is 41.3. The molecule has 2 fully saturated rings. The van der Waals surface area contributed by atoms with Crippen LogP contribution in [0.3, 0.4) is 0 Å². The van der Waals surface area contributed by atoms with Crippen LogP contribution in [-0.4, -0.2) is 76.3 Å². The first-order chi connectivity index (χ1) is 11.8. The number of fused-ring (bicyclic) bond motifs is 1. The molecular weight excluding hydrogens is 336 g/mol.